The maximum atomic E-state index is 9.14. The van der Waals surface area contributed by atoms with Crippen LogP contribution in [0.3, 0.4) is 0 Å². The lowest BCUT2D eigenvalue weighted by atomic mass is 10.2. The first-order chi connectivity index (χ1) is 9.83. The number of fused-ring (bicyclic) bond motifs is 1. The highest BCUT2D eigenvalue weighted by atomic mass is 35.5. The third-order valence-corrected chi connectivity index (χ3v) is 3.45. The van der Waals surface area contributed by atoms with Gasteiger partial charge in [-0.2, -0.15) is 10.4 Å². The van der Waals surface area contributed by atoms with Gasteiger partial charge in [-0.15, -0.1) is 11.6 Å². The van der Waals surface area contributed by atoms with E-state index in [0.717, 1.165) is 24.4 Å². The summed E-state index contributed by atoms with van der Waals surface area (Å²) in [7, 11) is 0. The van der Waals surface area contributed by atoms with E-state index < -0.39 is 0 Å². The number of halogens is 1. The molecule has 3 aromatic rings. The SMILES string of the molecule is N#Cc1cccc2c1nc(CCl)n2CCn1cccn1. The van der Waals surface area contributed by atoms with Gasteiger partial charge in [-0.1, -0.05) is 6.07 Å². The molecule has 0 saturated heterocycles. The van der Waals surface area contributed by atoms with Gasteiger partial charge in [-0.05, 0) is 18.2 Å². The molecule has 100 valence electrons. The van der Waals surface area contributed by atoms with E-state index in [1.807, 2.05) is 33.6 Å². The summed E-state index contributed by atoms with van der Waals surface area (Å²) < 4.78 is 3.91. The van der Waals surface area contributed by atoms with Crippen molar-refractivity contribution in [1.29, 1.82) is 5.26 Å². The lowest BCUT2D eigenvalue weighted by Crippen LogP contribution is -2.10. The van der Waals surface area contributed by atoms with E-state index in [-0.39, 0.29) is 0 Å². The molecular weight excluding hydrogens is 274 g/mol. The van der Waals surface area contributed by atoms with Crippen molar-refractivity contribution in [1.82, 2.24) is 19.3 Å². The van der Waals surface area contributed by atoms with Crippen molar-refractivity contribution in [2.24, 2.45) is 0 Å². The van der Waals surface area contributed by atoms with Crippen LogP contribution in [0.2, 0.25) is 0 Å². The Hall–Kier alpha value is -2.32. The highest BCUT2D eigenvalue weighted by Crippen LogP contribution is 2.21. The Morgan fingerprint density at radius 3 is 2.85 bits per heavy atom. The van der Waals surface area contributed by atoms with Gasteiger partial charge in [0.2, 0.25) is 0 Å². The number of hydrogen-bond acceptors (Lipinski definition) is 3. The van der Waals surface area contributed by atoms with Crippen molar-refractivity contribution >= 4 is 22.6 Å². The lowest BCUT2D eigenvalue weighted by Gasteiger charge is -2.07. The number of benzene rings is 1. The highest BCUT2D eigenvalue weighted by molar-refractivity contribution is 6.16. The van der Waals surface area contributed by atoms with E-state index in [1.165, 1.54) is 0 Å². The summed E-state index contributed by atoms with van der Waals surface area (Å²) >= 11 is 5.97. The zero-order valence-corrected chi connectivity index (χ0v) is 11.5. The molecule has 0 bridgehead atoms. The van der Waals surface area contributed by atoms with E-state index in [4.69, 9.17) is 16.9 Å². The molecule has 0 fully saturated rings. The van der Waals surface area contributed by atoms with Gasteiger partial charge in [0.25, 0.3) is 0 Å². The molecule has 0 unspecified atom stereocenters. The molecule has 2 heterocycles. The molecule has 1 aromatic carbocycles. The quantitative estimate of drug-likeness (QED) is 0.692. The average Bonchev–Trinajstić information content (AvgIpc) is 3.11. The topological polar surface area (TPSA) is 59.4 Å². The summed E-state index contributed by atoms with van der Waals surface area (Å²) in [5.74, 6) is 1.09. The van der Waals surface area contributed by atoms with Gasteiger partial charge in [0.15, 0.2) is 0 Å². The zero-order chi connectivity index (χ0) is 13.9. The van der Waals surface area contributed by atoms with Gasteiger partial charge in [0, 0.05) is 18.9 Å². The molecule has 3 rings (SSSR count). The number of imidazole rings is 1. The van der Waals surface area contributed by atoms with Gasteiger partial charge in [-0.25, -0.2) is 4.98 Å². The highest BCUT2D eigenvalue weighted by Gasteiger charge is 2.12. The summed E-state index contributed by atoms with van der Waals surface area (Å²) in [4.78, 5) is 4.48. The molecule has 0 radical (unpaired) electrons. The number of aryl methyl sites for hydroxylation is 2. The third-order valence-electron chi connectivity index (χ3n) is 3.21. The van der Waals surface area contributed by atoms with Crippen LogP contribution in [0, 0.1) is 11.3 Å². The largest absolute Gasteiger partial charge is 0.325 e. The third kappa shape index (κ3) is 2.15. The van der Waals surface area contributed by atoms with Gasteiger partial charge >= 0.3 is 0 Å². The van der Waals surface area contributed by atoms with Gasteiger partial charge < -0.3 is 4.57 Å². The molecule has 0 atom stereocenters. The monoisotopic (exact) mass is 285 g/mol. The van der Waals surface area contributed by atoms with Crippen molar-refractivity contribution < 1.29 is 0 Å². The smallest absolute Gasteiger partial charge is 0.124 e. The van der Waals surface area contributed by atoms with Crippen molar-refractivity contribution in [2.45, 2.75) is 19.0 Å². The van der Waals surface area contributed by atoms with Gasteiger partial charge in [0.05, 0.1) is 23.5 Å². The minimum atomic E-state index is 0.318. The summed E-state index contributed by atoms with van der Waals surface area (Å²) in [6.45, 7) is 1.45. The molecule has 2 aromatic heterocycles. The molecule has 0 spiro atoms. The molecule has 0 aliphatic rings. The summed E-state index contributed by atoms with van der Waals surface area (Å²) in [6, 6.07) is 9.65. The number of rotatable bonds is 4. The van der Waals surface area contributed by atoms with Crippen LogP contribution in [-0.2, 0) is 19.0 Å². The van der Waals surface area contributed by atoms with Crippen molar-refractivity contribution in [3.05, 3.63) is 48.0 Å². The Kier molecular flexibility index (Phi) is 3.40. The molecule has 6 heteroatoms. The molecule has 0 aliphatic carbocycles. The van der Waals surface area contributed by atoms with Crippen LogP contribution < -0.4 is 0 Å². The van der Waals surface area contributed by atoms with Crippen LogP contribution in [0.25, 0.3) is 11.0 Å². The number of aromatic nitrogens is 4. The molecule has 5 nitrogen and oxygen atoms in total. The molecule has 0 N–H and O–H groups in total. The van der Waals surface area contributed by atoms with E-state index in [2.05, 4.69) is 16.2 Å². The zero-order valence-electron chi connectivity index (χ0n) is 10.7. The van der Waals surface area contributed by atoms with Crippen molar-refractivity contribution in [3.63, 3.8) is 0 Å². The first kappa shape index (κ1) is 12.7. The van der Waals surface area contributed by atoms with E-state index in [1.54, 1.807) is 12.3 Å². The Labute approximate surface area is 121 Å². The Balaban J connectivity index is 2.02. The fourth-order valence-corrected chi connectivity index (χ4v) is 2.48. The standard InChI is InChI=1S/C14H12ClN5/c15-9-13-18-14-11(10-16)3-1-4-12(14)20(13)8-7-19-6-2-5-17-19/h1-6H,7-9H2. The Bertz CT molecular complexity index is 767. The second-order valence-electron chi connectivity index (χ2n) is 4.37. The maximum Gasteiger partial charge on any atom is 0.124 e. The van der Waals surface area contributed by atoms with Crippen LogP contribution in [0.15, 0.2) is 36.7 Å². The second kappa shape index (κ2) is 5.35. The number of alkyl halides is 1. The van der Waals surface area contributed by atoms with Crippen LogP contribution in [0.5, 0.6) is 0 Å². The van der Waals surface area contributed by atoms with Crippen LogP contribution in [0.1, 0.15) is 11.4 Å². The molecule has 0 amide bonds. The van der Waals surface area contributed by atoms with E-state index in [9.17, 15) is 0 Å². The Morgan fingerprint density at radius 1 is 1.25 bits per heavy atom. The Morgan fingerprint density at radius 2 is 2.15 bits per heavy atom. The summed E-state index contributed by atoms with van der Waals surface area (Å²) in [6.07, 6.45) is 3.67. The number of nitriles is 1. The van der Waals surface area contributed by atoms with E-state index >= 15 is 0 Å². The van der Waals surface area contributed by atoms with Gasteiger partial charge in [0.1, 0.15) is 17.4 Å². The molecule has 20 heavy (non-hydrogen) atoms. The summed E-state index contributed by atoms with van der Waals surface area (Å²) in [5, 5.41) is 13.3. The number of hydrogen-bond donors (Lipinski definition) is 0. The van der Waals surface area contributed by atoms with Crippen LogP contribution >= 0.6 is 11.6 Å². The average molecular weight is 286 g/mol. The van der Waals surface area contributed by atoms with Crippen molar-refractivity contribution in [2.75, 3.05) is 0 Å². The molecule has 0 aliphatic heterocycles. The minimum absolute atomic E-state index is 0.318. The van der Waals surface area contributed by atoms with Gasteiger partial charge in [-0.3, -0.25) is 4.68 Å². The summed E-state index contributed by atoms with van der Waals surface area (Å²) in [5.41, 5.74) is 2.23. The van der Waals surface area contributed by atoms with Crippen LogP contribution in [-0.4, -0.2) is 19.3 Å². The second-order valence-corrected chi connectivity index (χ2v) is 4.63. The van der Waals surface area contributed by atoms with Crippen LogP contribution in [0.4, 0.5) is 0 Å². The normalized spacial score (nSPS) is 10.8. The number of para-hydroxylation sites is 1. The fraction of sp³-hybridized carbons (Fsp3) is 0.214. The molecule has 0 saturated carbocycles. The maximum absolute atomic E-state index is 9.14. The first-order valence-electron chi connectivity index (χ1n) is 6.25. The first-order valence-corrected chi connectivity index (χ1v) is 6.78. The number of nitrogens with zero attached hydrogens (tertiary/aromatic N) is 5. The molecular formula is C14H12ClN5. The fourth-order valence-electron chi connectivity index (χ4n) is 2.27. The van der Waals surface area contributed by atoms with Crippen molar-refractivity contribution in [3.8, 4) is 6.07 Å². The van der Waals surface area contributed by atoms with E-state index in [0.29, 0.717) is 17.0 Å². The predicted octanol–water partition coefficient (Wildman–Crippen LogP) is 2.54. The predicted molar refractivity (Wildman–Crippen MR) is 76.2 cm³/mol. The lowest BCUT2D eigenvalue weighted by molar-refractivity contribution is 0.533. The minimum Gasteiger partial charge on any atom is -0.325 e.